The minimum absolute atomic E-state index is 0.148. The molecule has 2 fully saturated rings. The highest BCUT2D eigenvalue weighted by Gasteiger charge is 2.24. The number of carbonyl (C=O) groups excluding carboxylic acids is 1. The lowest BCUT2D eigenvalue weighted by Crippen LogP contribution is -2.50. The zero-order valence-electron chi connectivity index (χ0n) is 12.0. The second kappa shape index (κ2) is 6.55. The van der Waals surface area contributed by atoms with Crippen LogP contribution in [-0.2, 0) is 4.79 Å². The number of hydrogen-bond acceptors (Lipinski definition) is 2. The highest BCUT2D eigenvalue weighted by atomic mass is 16.2. The topological polar surface area (TPSA) is 23.6 Å². The lowest BCUT2D eigenvalue weighted by atomic mass is 9.89. The van der Waals surface area contributed by atoms with E-state index in [2.05, 4.69) is 4.90 Å². The molecule has 1 heterocycles. The fourth-order valence-electron chi connectivity index (χ4n) is 3.25. The van der Waals surface area contributed by atoms with E-state index >= 15 is 0 Å². The molecular formula is C15H28N2O. The molecule has 1 aliphatic heterocycles. The molecular weight excluding hydrogens is 224 g/mol. The van der Waals surface area contributed by atoms with Gasteiger partial charge >= 0.3 is 0 Å². The van der Waals surface area contributed by atoms with Crippen LogP contribution >= 0.6 is 0 Å². The van der Waals surface area contributed by atoms with Crippen LogP contribution in [0.4, 0.5) is 0 Å². The third-order valence-electron chi connectivity index (χ3n) is 4.42. The molecule has 1 aliphatic carbocycles. The Bertz CT molecular complexity index is 264. The van der Waals surface area contributed by atoms with Gasteiger partial charge in [-0.15, -0.1) is 0 Å². The largest absolute Gasteiger partial charge is 0.340 e. The molecule has 0 unspecified atom stereocenters. The van der Waals surface area contributed by atoms with Crippen molar-refractivity contribution in [2.45, 2.75) is 46.0 Å². The Morgan fingerprint density at radius 2 is 1.67 bits per heavy atom. The monoisotopic (exact) mass is 252 g/mol. The quantitative estimate of drug-likeness (QED) is 0.770. The normalized spacial score (nSPS) is 23.6. The van der Waals surface area contributed by atoms with Crippen molar-refractivity contribution in [1.29, 1.82) is 0 Å². The predicted octanol–water partition coefficient (Wildman–Crippen LogP) is 2.37. The lowest BCUT2D eigenvalue weighted by Gasteiger charge is -2.37. The van der Waals surface area contributed by atoms with Crippen LogP contribution in [-0.4, -0.2) is 48.4 Å². The van der Waals surface area contributed by atoms with Crippen LogP contribution < -0.4 is 0 Å². The summed E-state index contributed by atoms with van der Waals surface area (Å²) >= 11 is 0. The van der Waals surface area contributed by atoms with Crippen LogP contribution in [0.2, 0.25) is 0 Å². The Hall–Kier alpha value is -0.570. The van der Waals surface area contributed by atoms with Gasteiger partial charge in [0.1, 0.15) is 0 Å². The van der Waals surface area contributed by atoms with Gasteiger partial charge < -0.3 is 4.90 Å². The molecule has 18 heavy (non-hydrogen) atoms. The molecule has 3 heteroatoms. The number of amides is 1. The maximum Gasteiger partial charge on any atom is 0.225 e. The van der Waals surface area contributed by atoms with E-state index in [4.69, 9.17) is 0 Å². The molecule has 1 saturated heterocycles. The van der Waals surface area contributed by atoms with Crippen molar-refractivity contribution in [3.05, 3.63) is 0 Å². The third kappa shape index (κ3) is 3.71. The van der Waals surface area contributed by atoms with Crippen LogP contribution in [0.15, 0.2) is 0 Å². The van der Waals surface area contributed by atoms with E-state index in [1.165, 1.54) is 38.6 Å². The predicted molar refractivity (Wildman–Crippen MR) is 74.4 cm³/mol. The second-order valence-electron chi connectivity index (χ2n) is 6.28. The van der Waals surface area contributed by atoms with Crippen molar-refractivity contribution >= 4 is 5.91 Å². The van der Waals surface area contributed by atoms with E-state index < -0.39 is 0 Å². The molecule has 3 nitrogen and oxygen atoms in total. The Labute approximate surface area is 112 Å². The fraction of sp³-hybridized carbons (Fsp3) is 0.933. The number of nitrogens with zero attached hydrogens (tertiary/aromatic N) is 2. The molecule has 0 aromatic rings. The summed E-state index contributed by atoms with van der Waals surface area (Å²) in [5.41, 5.74) is 0. The molecule has 0 aromatic carbocycles. The van der Waals surface area contributed by atoms with Crippen molar-refractivity contribution in [1.82, 2.24) is 9.80 Å². The van der Waals surface area contributed by atoms with E-state index in [1.807, 2.05) is 18.7 Å². The molecule has 0 spiro atoms. The van der Waals surface area contributed by atoms with Gasteiger partial charge in [0.15, 0.2) is 0 Å². The van der Waals surface area contributed by atoms with Gasteiger partial charge in [-0.05, 0) is 18.8 Å². The summed E-state index contributed by atoms with van der Waals surface area (Å²) in [4.78, 5) is 16.5. The summed E-state index contributed by atoms with van der Waals surface area (Å²) < 4.78 is 0. The van der Waals surface area contributed by atoms with Crippen molar-refractivity contribution in [3.8, 4) is 0 Å². The lowest BCUT2D eigenvalue weighted by molar-refractivity contribution is -0.136. The molecule has 0 radical (unpaired) electrons. The minimum atomic E-state index is 0.148. The van der Waals surface area contributed by atoms with Crippen LogP contribution in [0.3, 0.4) is 0 Å². The highest BCUT2D eigenvalue weighted by molar-refractivity contribution is 5.78. The molecule has 0 N–H and O–H groups in total. The van der Waals surface area contributed by atoms with Gasteiger partial charge in [0.2, 0.25) is 5.91 Å². The number of piperazine rings is 1. The van der Waals surface area contributed by atoms with Crippen LogP contribution in [0, 0.1) is 11.8 Å². The molecule has 1 saturated carbocycles. The first-order valence-corrected chi connectivity index (χ1v) is 7.68. The smallest absolute Gasteiger partial charge is 0.225 e. The van der Waals surface area contributed by atoms with Gasteiger partial charge in [-0.2, -0.15) is 0 Å². The van der Waals surface area contributed by atoms with Crippen molar-refractivity contribution < 1.29 is 4.79 Å². The van der Waals surface area contributed by atoms with E-state index in [-0.39, 0.29) is 5.92 Å². The minimum Gasteiger partial charge on any atom is -0.340 e. The van der Waals surface area contributed by atoms with E-state index in [0.29, 0.717) is 5.91 Å². The van der Waals surface area contributed by atoms with Gasteiger partial charge in [-0.25, -0.2) is 0 Å². The summed E-state index contributed by atoms with van der Waals surface area (Å²) in [7, 11) is 0. The molecule has 0 bridgehead atoms. The Morgan fingerprint density at radius 3 is 2.22 bits per heavy atom. The van der Waals surface area contributed by atoms with Crippen LogP contribution in [0.25, 0.3) is 0 Å². The number of rotatable bonds is 3. The standard InChI is InChI=1S/C15H28N2O/c1-13(2)15(18)17-10-8-16(9-11-17)12-14-6-4-3-5-7-14/h13-14H,3-12H2,1-2H3. The maximum absolute atomic E-state index is 11.9. The third-order valence-corrected chi connectivity index (χ3v) is 4.42. The van der Waals surface area contributed by atoms with Crippen LogP contribution in [0.1, 0.15) is 46.0 Å². The summed E-state index contributed by atoms with van der Waals surface area (Å²) in [5.74, 6) is 1.40. The van der Waals surface area contributed by atoms with Gasteiger partial charge in [0.05, 0.1) is 0 Å². The first-order chi connectivity index (χ1) is 8.66. The van der Waals surface area contributed by atoms with Gasteiger partial charge in [-0.1, -0.05) is 33.1 Å². The zero-order chi connectivity index (χ0) is 13.0. The summed E-state index contributed by atoms with van der Waals surface area (Å²) in [5, 5.41) is 0. The second-order valence-corrected chi connectivity index (χ2v) is 6.28. The summed E-state index contributed by atoms with van der Waals surface area (Å²) in [6, 6.07) is 0. The maximum atomic E-state index is 11.9. The van der Waals surface area contributed by atoms with Gasteiger partial charge in [0, 0.05) is 38.6 Å². The van der Waals surface area contributed by atoms with Gasteiger partial charge in [-0.3, -0.25) is 9.69 Å². The Morgan fingerprint density at radius 1 is 1.06 bits per heavy atom. The summed E-state index contributed by atoms with van der Waals surface area (Å²) in [6.07, 6.45) is 7.14. The average Bonchev–Trinajstić information content (AvgIpc) is 2.40. The summed E-state index contributed by atoms with van der Waals surface area (Å²) in [6.45, 7) is 9.29. The Balaban J connectivity index is 1.71. The fourth-order valence-corrected chi connectivity index (χ4v) is 3.25. The van der Waals surface area contributed by atoms with E-state index in [1.54, 1.807) is 0 Å². The molecule has 2 aliphatic rings. The van der Waals surface area contributed by atoms with Crippen molar-refractivity contribution in [2.24, 2.45) is 11.8 Å². The highest BCUT2D eigenvalue weighted by Crippen LogP contribution is 2.24. The number of hydrogen-bond donors (Lipinski definition) is 0. The van der Waals surface area contributed by atoms with Gasteiger partial charge in [0.25, 0.3) is 0 Å². The zero-order valence-corrected chi connectivity index (χ0v) is 12.0. The number of carbonyl (C=O) groups is 1. The molecule has 104 valence electrons. The van der Waals surface area contributed by atoms with Crippen molar-refractivity contribution in [2.75, 3.05) is 32.7 Å². The molecule has 0 aromatic heterocycles. The van der Waals surface area contributed by atoms with E-state index in [0.717, 1.165) is 32.1 Å². The molecule has 2 rings (SSSR count). The molecule has 0 atom stereocenters. The SMILES string of the molecule is CC(C)C(=O)N1CCN(CC2CCCCC2)CC1. The average molecular weight is 252 g/mol. The van der Waals surface area contributed by atoms with E-state index in [9.17, 15) is 4.79 Å². The molecule has 1 amide bonds. The first-order valence-electron chi connectivity index (χ1n) is 7.68. The van der Waals surface area contributed by atoms with Crippen molar-refractivity contribution in [3.63, 3.8) is 0 Å². The Kier molecular flexibility index (Phi) is 5.04. The first kappa shape index (κ1) is 13.9. The van der Waals surface area contributed by atoms with Crippen LogP contribution in [0.5, 0.6) is 0 Å².